The van der Waals surface area contributed by atoms with Crippen LogP contribution in [-0.4, -0.2) is 26.7 Å². The highest BCUT2D eigenvalue weighted by atomic mass is 16.5. The molecule has 25 heavy (non-hydrogen) atoms. The fraction of sp³-hybridized carbons (Fsp3) is 0.294. The van der Waals surface area contributed by atoms with E-state index in [0.717, 1.165) is 18.0 Å². The minimum absolute atomic E-state index is 0.223. The Hall–Kier alpha value is -3.16. The predicted molar refractivity (Wildman–Crippen MR) is 90.7 cm³/mol. The van der Waals surface area contributed by atoms with Crippen molar-refractivity contribution in [3.05, 3.63) is 47.2 Å². The van der Waals surface area contributed by atoms with E-state index in [0.29, 0.717) is 17.4 Å². The average molecular weight is 339 g/mol. The molecule has 1 saturated carbocycles. The van der Waals surface area contributed by atoms with E-state index in [9.17, 15) is 4.79 Å². The van der Waals surface area contributed by atoms with Gasteiger partial charge in [0.05, 0.1) is 6.61 Å². The zero-order valence-electron chi connectivity index (χ0n) is 13.4. The summed E-state index contributed by atoms with van der Waals surface area (Å²) in [7, 11) is 0. The van der Waals surface area contributed by atoms with Gasteiger partial charge in [0.15, 0.2) is 11.5 Å². The molecule has 3 aromatic rings. The van der Waals surface area contributed by atoms with E-state index in [1.807, 2.05) is 24.3 Å². The molecule has 0 spiro atoms. The molecule has 4 rings (SSSR count). The summed E-state index contributed by atoms with van der Waals surface area (Å²) in [5, 5.41) is 6.81. The summed E-state index contributed by atoms with van der Waals surface area (Å²) in [6, 6.07) is 7.63. The van der Waals surface area contributed by atoms with Gasteiger partial charge in [-0.15, -0.1) is 0 Å². The molecule has 0 aliphatic heterocycles. The first kappa shape index (κ1) is 15.4. The Kier molecular flexibility index (Phi) is 4.16. The maximum Gasteiger partial charge on any atom is 0.439 e. The number of hydrogen-bond donors (Lipinski definition) is 2. The maximum absolute atomic E-state index is 11.1. The van der Waals surface area contributed by atoms with Gasteiger partial charge in [0.1, 0.15) is 5.75 Å². The van der Waals surface area contributed by atoms with Crippen LogP contribution in [0.1, 0.15) is 19.3 Å². The van der Waals surface area contributed by atoms with Gasteiger partial charge in [-0.25, -0.2) is 14.8 Å². The number of benzene rings is 1. The third kappa shape index (κ3) is 3.52. The molecule has 1 aliphatic carbocycles. The lowest BCUT2D eigenvalue weighted by atomic mass is 9.86. The monoisotopic (exact) mass is 339 g/mol. The van der Waals surface area contributed by atoms with Gasteiger partial charge in [0, 0.05) is 18.1 Å². The summed E-state index contributed by atoms with van der Waals surface area (Å²) in [5.74, 6) is 1.60. The summed E-state index contributed by atoms with van der Waals surface area (Å²) in [6.45, 7) is 0.778. The molecular formula is C17H17N5O3. The normalized spacial score (nSPS) is 14.1. The molecule has 1 aliphatic rings. The van der Waals surface area contributed by atoms with Gasteiger partial charge in [-0.05, 0) is 43.0 Å². The van der Waals surface area contributed by atoms with Crippen molar-refractivity contribution >= 4 is 11.5 Å². The third-order valence-corrected chi connectivity index (χ3v) is 4.19. The summed E-state index contributed by atoms with van der Waals surface area (Å²) < 4.78 is 10.3. The topological polar surface area (TPSA) is 106 Å². The van der Waals surface area contributed by atoms with Crippen molar-refractivity contribution in [1.29, 1.82) is 0 Å². The number of nitrogens with one attached hydrogen (secondary N) is 2. The minimum Gasteiger partial charge on any atom is -0.493 e. The van der Waals surface area contributed by atoms with Crippen LogP contribution in [0.15, 0.2) is 46.0 Å². The molecule has 8 nitrogen and oxygen atoms in total. The number of H-pyrrole nitrogens is 1. The standard InChI is InChI=1S/C17H17N5O3/c23-17-21-16(22-25-17)14-15(19-9-8-18-14)20-12-4-6-13(7-5-12)24-10-11-2-1-3-11/h4-9,11H,1-3,10H2,(H,19,20)(H,21,22,23). The SMILES string of the molecule is O=c1[nH]c(-c2nccnc2Nc2ccc(OCC3CCC3)cc2)no1. The smallest absolute Gasteiger partial charge is 0.439 e. The Morgan fingerprint density at radius 3 is 2.68 bits per heavy atom. The van der Waals surface area contributed by atoms with Gasteiger partial charge in [-0.1, -0.05) is 11.6 Å². The first-order valence-electron chi connectivity index (χ1n) is 8.15. The highest BCUT2D eigenvalue weighted by molar-refractivity contribution is 5.70. The van der Waals surface area contributed by atoms with Crippen molar-refractivity contribution in [2.24, 2.45) is 5.92 Å². The van der Waals surface area contributed by atoms with Crippen LogP contribution in [0, 0.1) is 5.92 Å². The molecule has 0 atom stereocenters. The Bertz CT molecular complexity index is 899. The quantitative estimate of drug-likeness (QED) is 0.711. The lowest BCUT2D eigenvalue weighted by Gasteiger charge is -2.25. The van der Waals surface area contributed by atoms with E-state index in [1.54, 1.807) is 6.20 Å². The zero-order chi connectivity index (χ0) is 17.1. The van der Waals surface area contributed by atoms with Crippen molar-refractivity contribution in [2.45, 2.75) is 19.3 Å². The fourth-order valence-corrected chi connectivity index (χ4v) is 2.58. The maximum atomic E-state index is 11.1. The molecule has 2 N–H and O–H groups in total. The molecular weight excluding hydrogens is 322 g/mol. The van der Waals surface area contributed by atoms with Gasteiger partial charge in [0.25, 0.3) is 0 Å². The molecule has 0 saturated heterocycles. The molecule has 8 heteroatoms. The molecule has 1 aromatic carbocycles. The van der Waals surface area contributed by atoms with Crippen LogP contribution in [0.5, 0.6) is 5.75 Å². The van der Waals surface area contributed by atoms with Crippen molar-refractivity contribution in [2.75, 3.05) is 11.9 Å². The first-order chi connectivity index (χ1) is 12.3. The number of ether oxygens (including phenoxy) is 1. The van der Waals surface area contributed by atoms with Gasteiger partial charge in [-0.2, -0.15) is 0 Å². The lowest BCUT2D eigenvalue weighted by molar-refractivity contribution is 0.180. The lowest BCUT2D eigenvalue weighted by Crippen LogP contribution is -2.19. The van der Waals surface area contributed by atoms with Crippen molar-refractivity contribution in [1.82, 2.24) is 20.1 Å². The van der Waals surface area contributed by atoms with Gasteiger partial charge in [-0.3, -0.25) is 9.51 Å². The van der Waals surface area contributed by atoms with Crippen molar-refractivity contribution in [3.8, 4) is 17.3 Å². The fourth-order valence-electron chi connectivity index (χ4n) is 2.58. The molecule has 1 fully saturated rings. The molecule has 0 radical (unpaired) electrons. The van der Waals surface area contributed by atoms with Crippen LogP contribution in [0.3, 0.4) is 0 Å². The number of hydrogen-bond acceptors (Lipinski definition) is 7. The Morgan fingerprint density at radius 1 is 1.20 bits per heavy atom. The first-order valence-corrected chi connectivity index (χ1v) is 8.15. The number of nitrogens with zero attached hydrogens (tertiary/aromatic N) is 3. The van der Waals surface area contributed by atoms with Crippen molar-refractivity contribution in [3.63, 3.8) is 0 Å². The second-order valence-corrected chi connectivity index (χ2v) is 5.95. The number of aromatic amines is 1. The molecule has 128 valence electrons. The number of rotatable bonds is 6. The van der Waals surface area contributed by atoms with Gasteiger partial charge >= 0.3 is 5.76 Å². The Morgan fingerprint density at radius 2 is 2.00 bits per heavy atom. The molecule has 0 amide bonds. The van der Waals surface area contributed by atoms with E-state index in [4.69, 9.17) is 4.74 Å². The summed E-state index contributed by atoms with van der Waals surface area (Å²) >= 11 is 0. The highest BCUT2D eigenvalue weighted by Gasteiger charge is 2.18. The van der Waals surface area contributed by atoms with Crippen LogP contribution in [0.2, 0.25) is 0 Å². The van der Waals surface area contributed by atoms with Crippen LogP contribution in [0.4, 0.5) is 11.5 Å². The van der Waals surface area contributed by atoms with Crippen LogP contribution < -0.4 is 15.8 Å². The Labute approximate surface area is 143 Å². The van der Waals surface area contributed by atoms with E-state index >= 15 is 0 Å². The highest BCUT2D eigenvalue weighted by Crippen LogP contribution is 2.28. The molecule has 0 bridgehead atoms. The zero-order valence-corrected chi connectivity index (χ0v) is 13.4. The Balaban J connectivity index is 1.47. The molecule has 2 heterocycles. The van der Waals surface area contributed by atoms with E-state index < -0.39 is 5.76 Å². The van der Waals surface area contributed by atoms with Crippen molar-refractivity contribution < 1.29 is 9.26 Å². The molecule has 0 unspecified atom stereocenters. The average Bonchev–Trinajstić information content (AvgIpc) is 3.02. The predicted octanol–water partition coefficient (Wildman–Crippen LogP) is 2.74. The van der Waals surface area contributed by atoms with E-state index in [-0.39, 0.29) is 5.82 Å². The summed E-state index contributed by atoms with van der Waals surface area (Å²) in [4.78, 5) is 22.1. The third-order valence-electron chi connectivity index (χ3n) is 4.19. The van der Waals surface area contributed by atoms with Gasteiger partial charge < -0.3 is 10.1 Å². The summed E-state index contributed by atoms with van der Waals surface area (Å²) in [5.41, 5.74) is 1.22. The summed E-state index contributed by atoms with van der Waals surface area (Å²) in [6.07, 6.45) is 6.91. The van der Waals surface area contributed by atoms with E-state index in [1.165, 1.54) is 25.5 Å². The van der Waals surface area contributed by atoms with Crippen LogP contribution >= 0.6 is 0 Å². The number of anilines is 2. The second-order valence-electron chi connectivity index (χ2n) is 5.95. The minimum atomic E-state index is -0.639. The van der Waals surface area contributed by atoms with E-state index in [2.05, 4.69) is 29.9 Å². The second kappa shape index (κ2) is 6.76. The van der Waals surface area contributed by atoms with Crippen LogP contribution in [0.25, 0.3) is 11.5 Å². The van der Waals surface area contributed by atoms with Gasteiger partial charge in [0.2, 0.25) is 5.82 Å². The van der Waals surface area contributed by atoms with Crippen LogP contribution in [-0.2, 0) is 0 Å². The molecule has 2 aromatic heterocycles. The largest absolute Gasteiger partial charge is 0.493 e. The number of aromatic nitrogens is 4.